The molecule has 34 heavy (non-hydrogen) atoms. The summed E-state index contributed by atoms with van der Waals surface area (Å²) in [5, 5.41) is 4.71. The number of esters is 1. The molecule has 3 rings (SSSR count). The molecule has 0 radical (unpaired) electrons. The van der Waals surface area contributed by atoms with Crippen LogP contribution >= 0.6 is 0 Å². The van der Waals surface area contributed by atoms with Crippen LogP contribution in [0.25, 0.3) is 0 Å². The molecule has 1 aliphatic heterocycles. The Kier molecular flexibility index (Phi) is 8.41. The van der Waals surface area contributed by atoms with Crippen LogP contribution in [0.4, 0.5) is 10.5 Å². The minimum Gasteiger partial charge on any atom is -0.456 e. The first kappa shape index (κ1) is 25.4. The van der Waals surface area contributed by atoms with Crippen LogP contribution < -0.4 is 10.6 Å². The van der Waals surface area contributed by atoms with Crippen LogP contribution in [0.3, 0.4) is 0 Å². The van der Waals surface area contributed by atoms with Gasteiger partial charge in [-0.3, -0.25) is 14.9 Å². The molecule has 182 valence electrons. The molecule has 2 N–H and O–H groups in total. The van der Waals surface area contributed by atoms with E-state index in [-0.39, 0.29) is 11.3 Å². The minimum atomic E-state index is -3.47. The maximum absolute atomic E-state index is 12.6. The van der Waals surface area contributed by atoms with Crippen molar-refractivity contribution in [3.8, 4) is 0 Å². The number of nitrogens with zero attached hydrogens (tertiary/aromatic N) is 1. The molecule has 9 nitrogen and oxygen atoms in total. The summed E-state index contributed by atoms with van der Waals surface area (Å²) in [7, 11) is -3.47. The molecule has 0 bridgehead atoms. The number of imide groups is 1. The van der Waals surface area contributed by atoms with Gasteiger partial charge in [-0.15, -0.1) is 0 Å². The number of carbonyl (C=O) groups excluding carboxylic acids is 3. The Balaban J connectivity index is 1.40. The van der Waals surface area contributed by atoms with E-state index in [0.29, 0.717) is 25.2 Å². The molecule has 3 amide bonds. The summed E-state index contributed by atoms with van der Waals surface area (Å²) >= 11 is 0. The van der Waals surface area contributed by atoms with Crippen molar-refractivity contribution in [1.29, 1.82) is 0 Å². The zero-order valence-corrected chi connectivity index (χ0v) is 20.1. The SMILES string of the molecule is Cc1cccc(NC(=O)NC(=O)COC(=O)CCc2ccc(S(=O)(=O)N3CCCC3)cc2)c1C. The van der Waals surface area contributed by atoms with E-state index in [2.05, 4.69) is 10.6 Å². The van der Waals surface area contributed by atoms with Gasteiger partial charge < -0.3 is 10.1 Å². The first-order chi connectivity index (χ1) is 16.2. The first-order valence-corrected chi connectivity index (χ1v) is 12.5. The number of aryl methyl sites for hydroxylation is 2. The minimum absolute atomic E-state index is 0.0141. The van der Waals surface area contributed by atoms with Crippen LogP contribution in [0.2, 0.25) is 0 Å². The Morgan fingerprint density at radius 3 is 2.35 bits per heavy atom. The predicted molar refractivity (Wildman–Crippen MR) is 127 cm³/mol. The number of anilines is 1. The monoisotopic (exact) mass is 487 g/mol. The molecular weight excluding hydrogens is 458 g/mol. The highest BCUT2D eigenvalue weighted by molar-refractivity contribution is 7.89. The fourth-order valence-electron chi connectivity index (χ4n) is 3.57. The van der Waals surface area contributed by atoms with Gasteiger partial charge in [-0.2, -0.15) is 4.31 Å². The van der Waals surface area contributed by atoms with E-state index in [1.54, 1.807) is 24.3 Å². The Morgan fingerprint density at radius 1 is 1.00 bits per heavy atom. The van der Waals surface area contributed by atoms with Gasteiger partial charge >= 0.3 is 12.0 Å². The average molecular weight is 488 g/mol. The predicted octanol–water partition coefficient (Wildman–Crippen LogP) is 2.91. The van der Waals surface area contributed by atoms with Crippen molar-refractivity contribution >= 4 is 33.6 Å². The number of hydrogen-bond acceptors (Lipinski definition) is 6. The van der Waals surface area contributed by atoms with Gasteiger partial charge in [0.2, 0.25) is 10.0 Å². The number of sulfonamides is 1. The van der Waals surface area contributed by atoms with E-state index >= 15 is 0 Å². The van der Waals surface area contributed by atoms with Crippen molar-refractivity contribution in [2.45, 2.75) is 44.4 Å². The third-order valence-corrected chi connectivity index (χ3v) is 7.63. The summed E-state index contributed by atoms with van der Waals surface area (Å²) in [4.78, 5) is 36.1. The van der Waals surface area contributed by atoms with Crippen LogP contribution in [-0.2, 0) is 30.8 Å². The van der Waals surface area contributed by atoms with Gasteiger partial charge in [-0.1, -0.05) is 24.3 Å². The van der Waals surface area contributed by atoms with Gasteiger partial charge in [0.1, 0.15) is 0 Å². The Hall–Kier alpha value is -3.24. The van der Waals surface area contributed by atoms with E-state index in [1.165, 1.54) is 16.4 Å². The van der Waals surface area contributed by atoms with Crippen molar-refractivity contribution in [1.82, 2.24) is 9.62 Å². The fourth-order valence-corrected chi connectivity index (χ4v) is 5.09. The topological polar surface area (TPSA) is 122 Å². The van der Waals surface area contributed by atoms with Crippen molar-refractivity contribution in [2.75, 3.05) is 25.0 Å². The molecule has 0 unspecified atom stereocenters. The third-order valence-electron chi connectivity index (χ3n) is 5.71. The molecule has 1 saturated heterocycles. The molecule has 2 aromatic rings. The summed E-state index contributed by atoms with van der Waals surface area (Å²) in [6, 6.07) is 11.1. The number of nitrogens with one attached hydrogen (secondary N) is 2. The lowest BCUT2D eigenvalue weighted by Gasteiger charge is -2.15. The van der Waals surface area contributed by atoms with Crippen LogP contribution in [0.5, 0.6) is 0 Å². The molecular formula is C24H29N3O6S. The average Bonchev–Trinajstić information content (AvgIpc) is 3.35. The highest BCUT2D eigenvalue weighted by atomic mass is 32.2. The summed E-state index contributed by atoms with van der Waals surface area (Å²) in [6.45, 7) is 4.27. The van der Waals surface area contributed by atoms with Crippen LogP contribution in [-0.4, -0.2) is 50.3 Å². The number of hydrogen-bond donors (Lipinski definition) is 2. The lowest BCUT2D eigenvalue weighted by Crippen LogP contribution is -2.37. The zero-order valence-electron chi connectivity index (χ0n) is 19.3. The van der Waals surface area contributed by atoms with Gasteiger partial charge in [0, 0.05) is 25.2 Å². The summed E-state index contributed by atoms with van der Waals surface area (Å²) in [5.74, 6) is -1.34. The van der Waals surface area contributed by atoms with Crippen LogP contribution in [0.15, 0.2) is 47.4 Å². The van der Waals surface area contributed by atoms with Crippen LogP contribution in [0.1, 0.15) is 36.0 Å². The lowest BCUT2D eigenvalue weighted by molar-refractivity contribution is -0.148. The molecule has 0 atom stereocenters. The number of urea groups is 1. The Labute approximate surface area is 199 Å². The molecule has 1 fully saturated rings. The highest BCUT2D eigenvalue weighted by Gasteiger charge is 2.26. The summed E-state index contributed by atoms with van der Waals surface area (Å²) in [5.41, 5.74) is 3.25. The smallest absolute Gasteiger partial charge is 0.325 e. The molecule has 0 aromatic heterocycles. The van der Waals surface area contributed by atoms with E-state index < -0.39 is 34.5 Å². The van der Waals surface area contributed by atoms with Crippen molar-refractivity contribution in [3.05, 3.63) is 59.2 Å². The van der Waals surface area contributed by atoms with Crippen LogP contribution in [0, 0.1) is 13.8 Å². The summed E-state index contributed by atoms with van der Waals surface area (Å²) < 4.78 is 31.5. The molecule has 1 aliphatic rings. The van der Waals surface area contributed by atoms with E-state index in [1.807, 2.05) is 19.9 Å². The standard InChI is InChI=1S/C24H29N3O6S/c1-17-6-5-7-21(18(17)2)25-24(30)26-22(28)16-33-23(29)13-10-19-8-11-20(12-9-19)34(31,32)27-14-3-4-15-27/h5-9,11-12H,3-4,10,13-16H2,1-2H3,(H2,25,26,28,30). The number of carbonyl (C=O) groups is 3. The largest absolute Gasteiger partial charge is 0.456 e. The van der Waals surface area contributed by atoms with Crippen molar-refractivity contribution in [2.24, 2.45) is 0 Å². The molecule has 10 heteroatoms. The maximum Gasteiger partial charge on any atom is 0.325 e. The van der Waals surface area contributed by atoms with Gasteiger partial charge in [-0.25, -0.2) is 13.2 Å². The van der Waals surface area contributed by atoms with E-state index in [0.717, 1.165) is 29.5 Å². The second-order valence-electron chi connectivity index (χ2n) is 8.17. The maximum atomic E-state index is 12.6. The van der Waals surface area contributed by atoms with E-state index in [4.69, 9.17) is 4.74 Å². The number of rotatable bonds is 8. The first-order valence-electron chi connectivity index (χ1n) is 11.1. The molecule has 1 heterocycles. The number of amides is 3. The van der Waals surface area contributed by atoms with E-state index in [9.17, 15) is 22.8 Å². The quantitative estimate of drug-likeness (QED) is 0.552. The second kappa shape index (κ2) is 11.3. The summed E-state index contributed by atoms with van der Waals surface area (Å²) in [6.07, 6.45) is 2.08. The van der Waals surface area contributed by atoms with Gasteiger partial charge in [0.15, 0.2) is 6.61 Å². The van der Waals surface area contributed by atoms with Gasteiger partial charge in [0.25, 0.3) is 5.91 Å². The fraction of sp³-hybridized carbons (Fsp3) is 0.375. The lowest BCUT2D eigenvalue weighted by atomic mass is 10.1. The normalized spacial score (nSPS) is 13.9. The van der Waals surface area contributed by atoms with Crippen molar-refractivity contribution in [3.63, 3.8) is 0 Å². The molecule has 0 aliphatic carbocycles. The second-order valence-corrected chi connectivity index (χ2v) is 10.1. The molecule has 2 aromatic carbocycles. The zero-order chi connectivity index (χ0) is 24.7. The highest BCUT2D eigenvalue weighted by Crippen LogP contribution is 2.21. The Bertz CT molecular complexity index is 1160. The van der Waals surface area contributed by atoms with Crippen molar-refractivity contribution < 1.29 is 27.5 Å². The van der Waals surface area contributed by atoms with Gasteiger partial charge in [0.05, 0.1) is 4.90 Å². The number of ether oxygens (including phenoxy) is 1. The number of benzene rings is 2. The Morgan fingerprint density at radius 2 is 1.68 bits per heavy atom. The van der Waals surface area contributed by atoms with Gasteiger partial charge in [-0.05, 0) is 68.0 Å². The molecule has 0 spiro atoms. The molecule has 0 saturated carbocycles. The third kappa shape index (κ3) is 6.64.